The molecule has 6 heteroatoms. The number of hydrogen-bond donors (Lipinski definition) is 4. The molecule has 0 amide bonds. The summed E-state index contributed by atoms with van der Waals surface area (Å²) in [4.78, 5) is 0. The summed E-state index contributed by atoms with van der Waals surface area (Å²) in [5, 5.41) is 35.3. The van der Waals surface area contributed by atoms with E-state index < -0.39 is 38.0 Å². The largest absolute Gasteiger partial charge is 0.393 e. The highest BCUT2D eigenvalue weighted by Crippen LogP contribution is 2.16. The van der Waals surface area contributed by atoms with Gasteiger partial charge in [0.15, 0.2) is 12.6 Å². The molecule has 4 N–H and O–H groups in total. The van der Waals surface area contributed by atoms with Crippen LogP contribution in [0, 0.1) is 0 Å². The lowest BCUT2D eigenvalue weighted by molar-refractivity contribution is -0.338. The van der Waals surface area contributed by atoms with E-state index in [1.54, 1.807) is 0 Å². The van der Waals surface area contributed by atoms with Crippen molar-refractivity contribution in [2.75, 3.05) is 13.2 Å². The molecule has 0 aromatic carbocycles. The summed E-state index contributed by atoms with van der Waals surface area (Å²) in [5.74, 6) is 0. The molecular formula is C6H12O6. The summed E-state index contributed by atoms with van der Waals surface area (Å²) in [6, 6.07) is 0. The predicted molar refractivity (Wildman–Crippen MR) is 35.9 cm³/mol. The van der Waals surface area contributed by atoms with Crippen molar-refractivity contribution in [1.29, 1.82) is 0 Å². The van der Waals surface area contributed by atoms with Crippen LogP contribution in [0.1, 0.15) is 0 Å². The lowest BCUT2D eigenvalue weighted by Crippen LogP contribution is -2.51. The molecule has 4 atom stereocenters. The summed E-state index contributed by atoms with van der Waals surface area (Å²) in [6.07, 6.45) is -4.53. The maximum Gasteiger partial charge on any atom is 0.184 e. The van der Waals surface area contributed by atoms with Crippen molar-refractivity contribution >= 4 is 0 Å². The zero-order valence-electron chi connectivity index (χ0n) is 6.33. The average Bonchev–Trinajstić information content (AvgIpc) is 2.08. The van der Waals surface area contributed by atoms with Crippen LogP contribution in [0.4, 0.5) is 0 Å². The van der Waals surface area contributed by atoms with Gasteiger partial charge in [0.1, 0.15) is 12.2 Å². The Morgan fingerprint density at radius 2 is 1.17 bits per heavy atom. The fourth-order valence-corrected chi connectivity index (χ4v) is 0.934. The summed E-state index contributed by atoms with van der Waals surface area (Å²) in [5.41, 5.74) is 0. The lowest BCUT2D eigenvalue weighted by atomic mass is 10.2. The van der Waals surface area contributed by atoms with E-state index in [1.165, 1.54) is 0 Å². The van der Waals surface area contributed by atoms with Gasteiger partial charge in [0.25, 0.3) is 0 Å². The van der Waals surface area contributed by atoms with Crippen LogP contribution >= 0.6 is 0 Å². The highest BCUT2D eigenvalue weighted by molar-refractivity contribution is 4.72. The van der Waals surface area contributed by atoms with Gasteiger partial charge in [0.2, 0.25) is 0 Å². The first kappa shape index (κ1) is 9.85. The number of rotatable bonds is 2. The highest BCUT2D eigenvalue weighted by atomic mass is 16.7. The topological polar surface area (TPSA) is 99.4 Å². The molecule has 0 bridgehead atoms. The normalized spacial score (nSPS) is 43.0. The van der Waals surface area contributed by atoms with Crippen molar-refractivity contribution in [3.05, 3.63) is 0 Å². The molecule has 1 saturated heterocycles. The summed E-state index contributed by atoms with van der Waals surface area (Å²) in [7, 11) is 0. The minimum atomic E-state index is -1.31. The van der Waals surface area contributed by atoms with Gasteiger partial charge in [-0.3, -0.25) is 0 Å². The van der Waals surface area contributed by atoms with Crippen molar-refractivity contribution in [1.82, 2.24) is 0 Å². The molecule has 0 aromatic heterocycles. The molecule has 12 heavy (non-hydrogen) atoms. The van der Waals surface area contributed by atoms with Crippen LogP contribution in [0.25, 0.3) is 0 Å². The molecule has 1 heterocycles. The predicted octanol–water partition coefficient (Wildman–Crippen LogP) is -2.61. The van der Waals surface area contributed by atoms with Gasteiger partial charge in [0, 0.05) is 0 Å². The molecule has 0 spiro atoms. The SMILES string of the molecule is OCC1O[C@@H](O)C(CO)OC1O. The quantitative estimate of drug-likeness (QED) is 0.371. The van der Waals surface area contributed by atoms with Crippen LogP contribution in [-0.4, -0.2) is 58.4 Å². The third-order valence-electron chi connectivity index (χ3n) is 1.62. The highest BCUT2D eigenvalue weighted by Gasteiger charge is 2.36. The minimum Gasteiger partial charge on any atom is -0.393 e. The Hall–Kier alpha value is -0.240. The van der Waals surface area contributed by atoms with Gasteiger partial charge in [0.05, 0.1) is 13.2 Å². The van der Waals surface area contributed by atoms with Crippen LogP contribution in [0.3, 0.4) is 0 Å². The molecule has 0 saturated carbocycles. The fraction of sp³-hybridized carbons (Fsp3) is 1.00. The van der Waals surface area contributed by atoms with Gasteiger partial charge in [-0.05, 0) is 0 Å². The summed E-state index contributed by atoms with van der Waals surface area (Å²) >= 11 is 0. The Labute approximate surface area is 69.0 Å². The molecule has 3 unspecified atom stereocenters. The van der Waals surface area contributed by atoms with Crippen molar-refractivity contribution < 1.29 is 29.9 Å². The van der Waals surface area contributed by atoms with Crippen molar-refractivity contribution in [2.24, 2.45) is 0 Å². The van der Waals surface area contributed by atoms with E-state index in [2.05, 4.69) is 0 Å². The minimum absolute atomic E-state index is 0.448. The number of aliphatic hydroxyl groups excluding tert-OH is 4. The molecule has 0 radical (unpaired) electrons. The Balaban J connectivity index is 2.49. The zero-order valence-corrected chi connectivity index (χ0v) is 6.33. The summed E-state index contributed by atoms with van der Waals surface area (Å²) in [6.45, 7) is -0.896. The molecule has 0 aromatic rings. The van der Waals surface area contributed by atoms with E-state index in [0.29, 0.717) is 0 Å². The number of aliphatic hydroxyl groups is 4. The first-order valence-electron chi connectivity index (χ1n) is 3.57. The van der Waals surface area contributed by atoms with Gasteiger partial charge in [-0.25, -0.2) is 0 Å². The van der Waals surface area contributed by atoms with Gasteiger partial charge in [-0.15, -0.1) is 0 Å². The van der Waals surface area contributed by atoms with E-state index >= 15 is 0 Å². The Morgan fingerprint density at radius 3 is 1.42 bits per heavy atom. The molecule has 1 rings (SSSR count). The van der Waals surface area contributed by atoms with Crippen LogP contribution in [0.5, 0.6) is 0 Å². The third-order valence-corrected chi connectivity index (χ3v) is 1.62. The van der Waals surface area contributed by atoms with E-state index in [1.807, 2.05) is 0 Å². The second-order valence-corrected chi connectivity index (χ2v) is 2.50. The molecule has 72 valence electrons. The molecule has 6 nitrogen and oxygen atoms in total. The van der Waals surface area contributed by atoms with Crippen molar-refractivity contribution in [3.8, 4) is 0 Å². The summed E-state index contributed by atoms with van der Waals surface area (Å²) < 4.78 is 9.44. The Kier molecular flexibility index (Phi) is 3.39. The van der Waals surface area contributed by atoms with Gasteiger partial charge in [-0.2, -0.15) is 0 Å². The Morgan fingerprint density at radius 1 is 0.833 bits per heavy atom. The average molecular weight is 180 g/mol. The maximum absolute atomic E-state index is 9.06. The van der Waals surface area contributed by atoms with Gasteiger partial charge >= 0.3 is 0 Å². The lowest BCUT2D eigenvalue weighted by Gasteiger charge is -2.35. The third kappa shape index (κ3) is 1.92. The van der Waals surface area contributed by atoms with Crippen LogP contribution < -0.4 is 0 Å². The molecule has 0 aliphatic carbocycles. The molecule has 1 aliphatic heterocycles. The van der Waals surface area contributed by atoms with Crippen molar-refractivity contribution in [2.45, 2.75) is 24.8 Å². The first-order valence-corrected chi connectivity index (χ1v) is 3.57. The van der Waals surface area contributed by atoms with Gasteiger partial charge < -0.3 is 29.9 Å². The zero-order chi connectivity index (χ0) is 9.14. The molecule has 1 fully saturated rings. The number of ether oxygens (including phenoxy) is 2. The number of hydrogen-bond acceptors (Lipinski definition) is 6. The van der Waals surface area contributed by atoms with Crippen LogP contribution in [0.15, 0.2) is 0 Å². The monoisotopic (exact) mass is 180 g/mol. The van der Waals surface area contributed by atoms with E-state index in [-0.39, 0.29) is 0 Å². The molecular weight excluding hydrogens is 168 g/mol. The standard InChI is InChI=1S/C6H12O6/c7-1-3-5(9)12-4(2-8)6(10)11-3/h3-10H,1-2H2/t3?,4?,5-,6?/m1/s1. The van der Waals surface area contributed by atoms with Crippen LogP contribution in [0.2, 0.25) is 0 Å². The maximum atomic E-state index is 9.06. The second-order valence-electron chi connectivity index (χ2n) is 2.50. The van der Waals surface area contributed by atoms with Crippen LogP contribution in [-0.2, 0) is 9.47 Å². The first-order chi connectivity index (χ1) is 5.69. The molecule has 1 aliphatic rings. The van der Waals surface area contributed by atoms with Gasteiger partial charge in [-0.1, -0.05) is 0 Å². The van der Waals surface area contributed by atoms with E-state index in [9.17, 15) is 0 Å². The van der Waals surface area contributed by atoms with Crippen molar-refractivity contribution in [3.63, 3.8) is 0 Å². The Bertz CT molecular complexity index is 124. The van der Waals surface area contributed by atoms with E-state index in [4.69, 9.17) is 29.9 Å². The smallest absolute Gasteiger partial charge is 0.184 e. The fourth-order valence-electron chi connectivity index (χ4n) is 0.934. The second kappa shape index (κ2) is 4.13. The van der Waals surface area contributed by atoms with E-state index in [0.717, 1.165) is 0 Å².